The Hall–Kier alpha value is -2.46. The van der Waals surface area contributed by atoms with Gasteiger partial charge in [-0.3, -0.25) is 4.79 Å². The number of methoxy groups -OCH3 is 1. The van der Waals surface area contributed by atoms with Crippen LogP contribution in [0.1, 0.15) is 18.4 Å². The number of rotatable bonds is 5. The fourth-order valence-corrected chi connectivity index (χ4v) is 2.91. The number of carbonyl (C=O) groups is 2. The third-order valence-corrected chi connectivity index (χ3v) is 4.42. The van der Waals surface area contributed by atoms with Crippen LogP contribution < -0.4 is 4.74 Å². The van der Waals surface area contributed by atoms with Gasteiger partial charge in [0.2, 0.25) is 0 Å². The molecule has 1 aromatic carbocycles. The molecule has 6 N–H and O–H groups in total. The molecule has 9 heteroatoms. The summed E-state index contributed by atoms with van der Waals surface area (Å²) in [7, 11) is 1.34. The molecule has 2 rings (SSSR count). The molecule has 0 heterocycles. The first-order valence-electron chi connectivity index (χ1n) is 7.67. The van der Waals surface area contributed by atoms with Gasteiger partial charge in [0.15, 0.2) is 28.5 Å². The quantitative estimate of drug-likeness (QED) is 0.359. The summed E-state index contributed by atoms with van der Waals surface area (Å²) in [6.45, 7) is 0. The number of aliphatic hydroxyl groups excluding tert-OH is 2. The molecule has 0 bridgehead atoms. The first-order valence-corrected chi connectivity index (χ1v) is 7.67. The Bertz CT molecular complexity index is 744. The van der Waals surface area contributed by atoms with Gasteiger partial charge in [-0.2, -0.15) is 0 Å². The van der Waals surface area contributed by atoms with Gasteiger partial charge in [0, 0.05) is 12.8 Å². The first kappa shape index (κ1) is 19.9. The van der Waals surface area contributed by atoms with E-state index in [1.54, 1.807) is 0 Å². The molecule has 0 aromatic heterocycles. The molecule has 0 saturated heterocycles. The van der Waals surface area contributed by atoms with Gasteiger partial charge >= 0.3 is 5.97 Å². The summed E-state index contributed by atoms with van der Waals surface area (Å²) in [5, 5.41) is 58.9. The topological polar surface area (TPSA) is 165 Å². The van der Waals surface area contributed by atoms with E-state index in [0.717, 1.165) is 6.08 Å². The minimum Gasteiger partial charge on any atom is -0.504 e. The third-order valence-electron chi connectivity index (χ3n) is 4.42. The third kappa shape index (κ3) is 3.56. The van der Waals surface area contributed by atoms with E-state index in [-0.39, 0.29) is 11.5 Å². The molecule has 0 aliphatic heterocycles. The second-order valence-electron chi connectivity index (χ2n) is 6.28. The van der Waals surface area contributed by atoms with Crippen molar-refractivity contribution in [2.45, 2.75) is 36.3 Å². The van der Waals surface area contributed by atoms with Crippen LogP contribution in [-0.2, 0) is 9.59 Å². The van der Waals surface area contributed by atoms with E-state index in [4.69, 9.17) is 9.84 Å². The lowest BCUT2D eigenvalue weighted by Crippen LogP contribution is -2.65. The Morgan fingerprint density at radius 3 is 2.50 bits per heavy atom. The summed E-state index contributed by atoms with van der Waals surface area (Å²) >= 11 is 0. The minimum absolute atomic E-state index is 0.119. The van der Waals surface area contributed by atoms with Crippen LogP contribution in [-0.4, -0.2) is 72.9 Å². The van der Waals surface area contributed by atoms with Crippen molar-refractivity contribution in [1.29, 1.82) is 0 Å². The largest absolute Gasteiger partial charge is 0.504 e. The number of carboxylic acid groups (broad SMARTS) is 1. The van der Waals surface area contributed by atoms with E-state index in [9.17, 15) is 35.1 Å². The van der Waals surface area contributed by atoms with Gasteiger partial charge in [-0.25, -0.2) is 4.79 Å². The number of phenolic OH excluding ortho intramolecular Hbond substituents is 1. The molecule has 1 saturated carbocycles. The van der Waals surface area contributed by atoms with Crippen molar-refractivity contribution in [2.24, 2.45) is 0 Å². The molecule has 1 aromatic rings. The lowest BCUT2D eigenvalue weighted by Gasteiger charge is -2.44. The number of aliphatic carboxylic acids is 1. The Kier molecular flexibility index (Phi) is 5.38. The van der Waals surface area contributed by atoms with E-state index in [2.05, 4.69) is 0 Å². The van der Waals surface area contributed by atoms with Crippen LogP contribution >= 0.6 is 0 Å². The zero-order chi connectivity index (χ0) is 19.7. The van der Waals surface area contributed by atoms with Crippen molar-refractivity contribution < 1.29 is 45.0 Å². The second kappa shape index (κ2) is 7.04. The van der Waals surface area contributed by atoms with Crippen molar-refractivity contribution >= 4 is 17.8 Å². The number of carbonyl (C=O) groups excluding carboxylic acids is 1. The highest BCUT2D eigenvalue weighted by Crippen LogP contribution is 2.37. The average Bonchev–Trinajstić information content (AvgIpc) is 2.58. The molecule has 1 aliphatic rings. The van der Waals surface area contributed by atoms with Gasteiger partial charge in [-0.1, -0.05) is 12.1 Å². The van der Waals surface area contributed by atoms with Crippen LogP contribution in [0.5, 0.6) is 11.5 Å². The summed E-state index contributed by atoms with van der Waals surface area (Å²) in [5.41, 5.74) is -4.82. The number of aliphatic hydroxyl groups is 4. The zero-order valence-corrected chi connectivity index (χ0v) is 13.9. The maximum atomic E-state index is 12.4. The number of hydrogen-bond acceptors (Lipinski definition) is 8. The van der Waals surface area contributed by atoms with Gasteiger partial charge in [0.1, 0.15) is 6.10 Å². The summed E-state index contributed by atoms with van der Waals surface area (Å²) in [6, 6.07) is 4.17. The van der Waals surface area contributed by atoms with Crippen molar-refractivity contribution in [3.05, 3.63) is 29.8 Å². The Morgan fingerprint density at radius 1 is 1.27 bits per heavy atom. The van der Waals surface area contributed by atoms with E-state index in [1.165, 1.54) is 31.4 Å². The molecule has 4 atom stereocenters. The number of hydrogen-bond donors (Lipinski definition) is 6. The average molecular weight is 368 g/mol. The van der Waals surface area contributed by atoms with Crippen LogP contribution in [0.25, 0.3) is 6.08 Å². The number of aromatic hydroxyl groups is 1. The van der Waals surface area contributed by atoms with Crippen LogP contribution in [0.3, 0.4) is 0 Å². The molecule has 1 fully saturated rings. The van der Waals surface area contributed by atoms with Crippen LogP contribution in [0, 0.1) is 0 Å². The minimum atomic E-state index is -2.68. The van der Waals surface area contributed by atoms with Crippen LogP contribution in [0.2, 0.25) is 0 Å². The van der Waals surface area contributed by atoms with Crippen molar-refractivity contribution in [1.82, 2.24) is 0 Å². The van der Waals surface area contributed by atoms with Gasteiger partial charge in [-0.05, 0) is 23.8 Å². The van der Waals surface area contributed by atoms with Crippen molar-refractivity contribution in [3.63, 3.8) is 0 Å². The van der Waals surface area contributed by atoms with E-state index in [1.807, 2.05) is 0 Å². The summed E-state index contributed by atoms with van der Waals surface area (Å²) < 4.78 is 4.92. The van der Waals surface area contributed by atoms with E-state index in [0.29, 0.717) is 5.56 Å². The molecule has 1 aliphatic carbocycles. The second-order valence-corrected chi connectivity index (χ2v) is 6.28. The maximum absolute atomic E-state index is 12.4. The monoisotopic (exact) mass is 368 g/mol. The lowest BCUT2D eigenvalue weighted by molar-refractivity contribution is -0.212. The summed E-state index contributed by atoms with van der Waals surface area (Å²) in [4.78, 5) is 23.6. The molecular weight excluding hydrogens is 348 g/mol. The smallest absolute Gasteiger partial charge is 0.335 e. The van der Waals surface area contributed by atoms with Gasteiger partial charge < -0.3 is 35.4 Å². The number of carboxylic acids is 1. The highest BCUT2D eigenvalue weighted by atomic mass is 16.5. The molecule has 0 amide bonds. The summed E-state index contributed by atoms with van der Waals surface area (Å²) in [6.07, 6.45) is -3.34. The highest BCUT2D eigenvalue weighted by Gasteiger charge is 2.58. The lowest BCUT2D eigenvalue weighted by atomic mass is 9.70. The molecule has 0 spiro atoms. The van der Waals surface area contributed by atoms with Crippen LogP contribution in [0.15, 0.2) is 24.3 Å². The number of ketones is 1. The molecule has 142 valence electrons. The predicted molar refractivity (Wildman–Crippen MR) is 87.5 cm³/mol. The summed E-state index contributed by atoms with van der Waals surface area (Å²) in [5.74, 6) is -2.78. The van der Waals surface area contributed by atoms with Crippen molar-refractivity contribution in [2.75, 3.05) is 7.11 Å². The Labute approximate surface area is 148 Å². The highest BCUT2D eigenvalue weighted by molar-refractivity contribution is 6.01. The predicted octanol–water partition coefficient (Wildman–Crippen LogP) is -0.955. The van der Waals surface area contributed by atoms with Gasteiger partial charge in [0.05, 0.1) is 13.2 Å². The Morgan fingerprint density at radius 2 is 1.92 bits per heavy atom. The maximum Gasteiger partial charge on any atom is 0.335 e. The number of benzene rings is 1. The Balaban J connectivity index is 2.29. The standard InChI is InChI=1S/C17H20O9/c1-26-12-6-9(2-4-10(12)18)3-5-13(20)17(25)8-16(24,15(22)23)7-11(19)14(17)21/h2-6,11,14,18-19,21,24-25H,7-8H2,1H3,(H,22,23)/b5-3+. The molecule has 4 unspecified atom stereocenters. The van der Waals surface area contributed by atoms with Gasteiger partial charge in [0.25, 0.3) is 0 Å². The molecule has 26 heavy (non-hydrogen) atoms. The van der Waals surface area contributed by atoms with Crippen molar-refractivity contribution in [3.8, 4) is 11.5 Å². The van der Waals surface area contributed by atoms with Gasteiger partial charge in [-0.15, -0.1) is 0 Å². The molecular formula is C17H20O9. The SMILES string of the molecule is COc1cc(/C=C/C(=O)C2(O)CC(O)(C(=O)O)CC(O)C2O)ccc1O. The molecule has 9 nitrogen and oxygen atoms in total. The number of ether oxygens (including phenoxy) is 1. The fourth-order valence-electron chi connectivity index (χ4n) is 2.91. The molecule has 0 radical (unpaired) electrons. The van der Waals surface area contributed by atoms with E-state index >= 15 is 0 Å². The van der Waals surface area contributed by atoms with Crippen LogP contribution in [0.4, 0.5) is 0 Å². The van der Waals surface area contributed by atoms with E-state index < -0.39 is 48.0 Å². The first-order chi connectivity index (χ1) is 12.0. The fraction of sp³-hybridized carbons (Fsp3) is 0.412. The normalized spacial score (nSPS) is 31.7. The number of phenols is 1. The zero-order valence-electron chi connectivity index (χ0n) is 13.9.